The Morgan fingerprint density at radius 2 is 1.34 bits per heavy atom. The third-order valence-electron chi connectivity index (χ3n) is 15.2. The second-order valence-electron chi connectivity index (χ2n) is 19.6. The lowest BCUT2D eigenvalue weighted by Gasteiger charge is -2.40. The number of ether oxygens (including phenoxy) is 1. The molecular formula is C57H71N9O. The predicted molar refractivity (Wildman–Crippen MR) is 269 cm³/mol. The number of pyridine rings is 3. The van der Waals surface area contributed by atoms with E-state index < -0.39 is 0 Å². The zero-order valence-corrected chi connectivity index (χ0v) is 39.4. The summed E-state index contributed by atoms with van der Waals surface area (Å²) in [5, 5.41) is 15.2. The molecule has 3 aromatic heterocycles. The molecule has 10 nitrogen and oxygen atoms in total. The molecule has 1 fully saturated rings. The number of aromatic nitrogens is 3. The van der Waals surface area contributed by atoms with Crippen LogP contribution in [0.5, 0.6) is 0 Å². The van der Waals surface area contributed by atoms with Crippen LogP contribution in [0.1, 0.15) is 112 Å². The highest BCUT2D eigenvalue weighted by atomic mass is 16.5. The molecule has 67 heavy (non-hydrogen) atoms. The van der Waals surface area contributed by atoms with E-state index in [1.165, 1.54) is 62.3 Å². The Morgan fingerprint density at radius 3 is 2.15 bits per heavy atom. The topological polar surface area (TPSA) is 102 Å². The number of aryl methyl sites for hydroxylation is 1. The molecule has 5 aliphatic rings. The molecule has 0 bridgehead atoms. The van der Waals surface area contributed by atoms with Gasteiger partial charge in [0.15, 0.2) is 0 Å². The zero-order valence-electron chi connectivity index (χ0n) is 39.4. The predicted octanol–water partition coefficient (Wildman–Crippen LogP) is 7.92. The van der Waals surface area contributed by atoms with Crippen molar-refractivity contribution in [1.29, 1.82) is 0 Å². The fourth-order valence-electron chi connectivity index (χ4n) is 11.6. The van der Waals surface area contributed by atoms with Gasteiger partial charge in [0, 0.05) is 121 Å². The van der Waals surface area contributed by atoms with Crippen LogP contribution in [0.4, 0.5) is 0 Å². The lowest BCUT2D eigenvalue weighted by Crippen LogP contribution is -2.46. The summed E-state index contributed by atoms with van der Waals surface area (Å²) < 4.78 is 5.57. The number of benzene rings is 2. The molecule has 2 aromatic carbocycles. The van der Waals surface area contributed by atoms with Crippen molar-refractivity contribution in [2.24, 2.45) is 0 Å². The minimum Gasteiger partial charge on any atom is -0.381 e. The third-order valence-corrected chi connectivity index (χ3v) is 15.2. The van der Waals surface area contributed by atoms with Crippen LogP contribution in [0.15, 0.2) is 128 Å². The van der Waals surface area contributed by atoms with Crippen LogP contribution >= 0.6 is 0 Å². The number of fused-ring (bicyclic) bond motifs is 4. The Labute approximate surface area is 399 Å². The van der Waals surface area contributed by atoms with Gasteiger partial charge in [0.2, 0.25) is 0 Å². The minimum atomic E-state index is 0.256. The van der Waals surface area contributed by atoms with E-state index in [1.54, 1.807) is 0 Å². The highest BCUT2D eigenvalue weighted by molar-refractivity contribution is 5.43. The van der Waals surface area contributed by atoms with Gasteiger partial charge in [0.25, 0.3) is 0 Å². The first-order chi connectivity index (χ1) is 33.2. The van der Waals surface area contributed by atoms with E-state index in [0.717, 1.165) is 123 Å². The van der Waals surface area contributed by atoms with Gasteiger partial charge in [-0.2, -0.15) is 0 Å². The summed E-state index contributed by atoms with van der Waals surface area (Å²) in [5.74, 6) is 0.332. The fourth-order valence-corrected chi connectivity index (χ4v) is 11.6. The van der Waals surface area contributed by atoms with E-state index in [1.807, 2.05) is 30.9 Å². The molecule has 5 atom stereocenters. The normalized spacial score (nSPS) is 23.0. The molecule has 0 amide bonds. The molecule has 350 valence electrons. The van der Waals surface area contributed by atoms with Crippen molar-refractivity contribution >= 4 is 0 Å². The molecule has 0 saturated carbocycles. The Bertz CT molecular complexity index is 2420. The summed E-state index contributed by atoms with van der Waals surface area (Å²) in [5.41, 5.74) is 13.8. The maximum absolute atomic E-state index is 5.57. The summed E-state index contributed by atoms with van der Waals surface area (Å²) in [6.45, 7) is 9.90. The molecule has 4 N–H and O–H groups in total. The minimum absolute atomic E-state index is 0.256. The van der Waals surface area contributed by atoms with E-state index in [2.05, 4.69) is 133 Å². The van der Waals surface area contributed by atoms with Crippen LogP contribution in [0, 0.1) is 0 Å². The highest BCUT2D eigenvalue weighted by Crippen LogP contribution is 2.43. The van der Waals surface area contributed by atoms with Gasteiger partial charge in [-0.3, -0.25) is 24.8 Å². The molecule has 2 aliphatic carbocycles. The van der Waals surface area contributed by atoms with Gasteiger partial charge in [-0.05, 0) is 120 Å². The molecule has 1 unspecified atom stereocenters. The monoisotopic (exact) mass is 898 g/mol. The average molecular weight is 898 g/mol. The molecule has 6 heterocycles. The average Bonchev–Trinajstić information content (AvgIpc) is 3.39. The van der Waals surface area contributed by atoms with Crippen molar-refractivity contribution < 1.29 is 4.74 Å². The van der Waals surface area contributed by atoms with Gasteiger partial charge in [-0.1, -0.05) is 85.0 Å². The second kappa shape index (κ2) is 22.9. The van der Waals surface area contributed by atoms with Crippen LogP contribution < -0.4 is 21.3 Å². The first-order valence-electron chi connectivity index (χ1n) is 25.4. The molecule has 0 radical (unpaired) electrons. The van der Waals surface area contributed by atoms with Gasteiger partial charge in [0.1, 0.15) is 0 Å². The molecule has 1 saturated heterocycles. The summed E-state index contributed by atoms with van der Waals surface area (Å²) >= 11 is 0. The van der Waals surface area contributed by atoms with E-state index >= 15 is 0 Å². The molecule has 3 aliphatic heterocycles. The van der Waals surface area contributed by atoms with Crippen molar-refractivity contribution in [2.45, 2.75) is 114 Å². The van der Waals surface area contributed by atoms with Crippen molar-refractivity contribution in [3.05, 3.63) is 184 Å². The number of hydrogen-bond acceptors (Lipinski definition) is 10. The van der Waals surface area contributed by atoms with E-state index in [9.17, 15) is 0 Å². The molecule has 10 heteroatoms. The van der Waals surface area contributed by atoms with Crippen LogP contribution in [-0.2, 0) is 43.6 Å². The lowest BCUT2D eigenvalue weighted by molar-refractivity contribution is 0.0789. The van der Waals surface area contributed by atoms with Crippen molar-refractivity contribution in [2.75, 3.05) is 52.5 Å². The van der Waals surface area contributed by atoms with Gasteiger partial charge in [-0.25, -0.2) is 0 Å². The van der Waals surface area contributed by atoms with Crippen LogP contribution in [-0.4, -0.2) is 95.4 Å². The van der Waals surface area contributed by atoms with Crippen molar-refractivity contribution in [1.82, 2.24) is 46.0 Å². The molecule has 10 rings (SSSR count). The third kappa shape index (κ3) is 11.7. The van der Waals surface area contributed by atoms with Crippen molar-refractivity contribution in [3.8, 4) is 0 Å². The Morgan fingerprint density at radius 1 is 0.642 bits per heavy atom. The number of rotatable bonds is 18. The van der Waals surface area contributed by atoms with E-state index in [0.29, 0.717) is 30.1 Å². The SMILES string of the molecule is C(=C\CN(C[C@H]1Cc2ccccc2CN1)[C@H]1CCC(c2ccc3c(c2)CN[C@@H](CN(C/C=C/CNC2CCOCC2)[C@H]2CCCc4cccnc42)C3)c2cccnc21)/CNCc1cccnc1. The zero-order chi connectivity index (χ0) is 45.0. The fraction of sp³-hybridized carbons (Fsp3) is 0.456. The maximum Gasteiger partial charge on any atom is 0.0613 e. The van der Waals surface area contributed by atoms with Crippen molar-refractivity contribution in [3.63, 3.8) is 0 Å². The number of hydrogen-bond donors (Lipinski definition) is 4. The summed E-state index contributed by atoms with van der Waals surface area (Å²) in [7, 11) is 0. The first kappa shape index (κ1) is 45.9. The van der Waals surface area contributed by atoms with Gasteiger partial charge >= 0.3 is 0 Å². The summed E-state index contributed by atoms with van der Waals surface area (Å²) in [6.07, 6.45) is 27.1. The number of nitrogens with one attached hydrogen (secondary N) is 4. The second-order valence-corrected chi connectivity index (χ2v) is 19.6. The summed E-state index contributed by atoms with van der Waals surface area (Å²) in [6, 6.07) is 31.3. The largest absolute Gasteiger partial charge is 0.381 e. The summed E-state index contributed by atoms with van der Waals surface area (Å²) in [4.78, 5) is 19.9. The Hall–Kier alpha value is -4.91. The Kier molecular flexibility index (Phi) is 15.7. The Balaban J connectivity index is 0.817. The molecular weight excluding hydrogens is 827 g/mol. The van der Waals surface area contributed by atoms with E-state index in [-0.39, 0.29) is 6.04 Å². The van der Waals surface area contributed by atoms with Crippen LogP contribution in [0.3, 0.4) is 0 Å². The van der Waals surface area contributed by atoms with Gasteiger partial charge in [0.05, 0.1) is 23.5 Å². The smallest absolute Gasteiger partial charge is 0.0613 e. The highest BCUT2D eigenvalue weighted by Gasteiger charge is 2.35. The van der Waals surface area contributed by atoms with Gasteiger partial charge < -0.3 is 26.0 Å². The molecule has 0 spiro atoms. The van der Waals surface area contributed by atoms with Crippen LogP contribution in [0.25, 0.3) is 0 Å². The standard InChI is InChI=1S/C57H71N9O/c1-2-13-47-38-63-50(34-44(47)12-1)41-66(29-5-3-24-58-36-42-11-8-25-59-37-42)55-21-20-52(53-16-10-28-62-57(53)55)46-19-18-45-35-51(64-39-48(45)33-46)40-65(30-6-4-26-60-49-22-31-67-32-23-49)54-17-7-14-43-15-9-27-61-56(43)54/h1-6,8-13,15-16,18-19,25,27-28,33,37,49-52,54-55,58,60,63-64H,7,14,17,20-24,26,29-32,34-36,38-41H2/b5-3+,6-4+/t50-,51-,52?,54+,55+/m1/s1. The lowest BCUT2D eigenvalue weighted by atomic mass is 9.77. The quantitative estimate of drug-likeness (QED) is 0.0513. The first-order valence-corrected chi connectivity index (χ1v) is 25.4. The van der Waals surface area contributed by atoms with Crippen LogP contribution in [0.2, 0.25) is 0 Å². The number of nitrogens with zero attached hydrogens (tertiary/aromatic N) is 5. The van der Waals surface area contributed by atoms with E-state index in [4.69, 9.17) is 14.7 Å². The molecule has 5 aromatic rings. The van der Waals surface area contributed by atoms with Gasteiger partial charge in [-0.15, -0.1) is 0 Å². The maximum atomic E-state index is 5.57.